The first kappa shape index (κ1) is 14.4. The van der Waals surface area contributed by atoms with Crippen LogP contribution in [0.25, 0.3) is 0 Å². The van der Waals surface area contributed by atoms with Crippen LogP contribution in [0.15, 0.2) is 24.3 Å². The smallest absolute Gasteiger partial charge is 0.225 e. The molecule has 0 radical (unpaired) electrons. The summed E-state index contributed by atoms with van der Waals surface area (Å²) in [6, 6.07) is 7.74. The van der Waals surface area contributed by atoms with E-state index in [1.165, 1.54) is 0 Å². The van der Waals surface area contributed by atoms with E-state index < -0.39 is 0 Å². The molecule has 0 bridgehead atoms. The molecule has 1 heterocycles. The van der Waals surface area contributed by atoms with Crippen LogP contribution in [0.1, 0.15) is 45.1 Å². The lowest BCUT2D eigenvalue weighted by Crippen LogP contribution is -2.22. The second kappa shape index (κ2) is 5.14. The van der Waals surface area contributed by atoms with Crippen LogP contribution in [0, 0.1) is 0 Å². The Morgan fingerprint density at radius 3 is 2.32 bits per heavy atom. The van der Waals surface area contributed by atoms with Crippen molar-refractivity contribution in [1.82, 2.24) is 14.8 Å². The summed E-state index contributed by atoms with van der Waals surface area (Å²) in [5, 5.41) is 9.30. The topological polar surface area (TPSA) is 30.7 Å². The van der Waals surface area contributed by atoms with Crippen LogP contribution in [-0.4, -0.2) is 14.8 Å². The van der Waals surface area contributed by atoms with Gasteiger partial charge in [0.1, 0.15) is 5.82 Å². The van der Waals surface area contributed by atoms with Gasteiger partial charge >= 0.3 is 0 Å². The molecule has 5 heteroatoms. The van der Waals surface area contributed by atoms with Crippen LogP contribution in [-0.2, 0) is 5.41 Å². The second-order valence-corrected chi connectivity index (χ2v) is 6.36. The molecule has 0 saturated heterocycles. The van der Waals surface area contributed by atoms with Crippen LogP contribution in [0.4, 0.5) is 0 Å². The van der Waals surface area contributed by atoms with Gasteiger partial charge in [0, 0.05) is 10.4 Å². The maximum atomic E-state index is 6.26. The third kappa shape index (κ3) is 2.77. The number of aromatic nitrogens is 3. The highest BCUT2D eigenvalue weighted by molar-refractivity contribution is 6.31. The largest absolute Gasteiger partial charge is 0.294 e. The quantitative estimate of drug-likeness (QED) is 0.817. The number of hydrogen-bond acceptors (Lipinski definition) is 2. The van der Waals surface area contributed by atoms with E-state index in [9.17, 15) is 0 Å². The maximum absolute atomic E-state index is 6.26. The average Bonchev–Trinajstić information content (AvgIpc) is 2.70. The average molecular weight is 298 g/mol. The molecule has 1 aromatic heterocycles. The summed E-state index contributed by atoms with van der Waals surface area (Å²) in [5.41, 5.74) is 0.881. The molecule has 0 amide bonds. The Kier molecular flexibility index (Phi) is 3.88. The van der Waals surface area contributed by atoms with Crippen molar-refractivity contribution >= 4 is 23.2 Å². The van der Waals surface area contributed by atoms with Crippen molar-refractivity contribution in [2.45, 2.75) is 39.2 Å². The van der Waals surface area contributed by atoms with Gasteiger partial charge in [-0.2, -0.15) is 0 Å². The highest BCUT2D eigenvalue weighted by Gasteiger charge is 2.27. The first-order valence-electron chi connectivity index (χ1n) is 6.17. The lowest BCUT2D eigenvalue weighted by atomic mass is 9.95. The number of nitrogens with zero attached hydrogens (tertiary/aromatic N) is 3. The number of benzene rings is 1. The van der Waals surface area contributed by atoms with E-state index >= 15 is 0 Å². The van der Waals surface area contributed by atoms with Gasteiger partial charge in [0.05, 0.1) is 6.04 Å². The Morgan fingerprint density at radius 1 is 1.11 bits per heavy atom. The highest BCUT2D eigenvalue weighted by Crippen LogP contribution is 2.32. The van der Waals surface area contributed by atoms with Crippen molar-refractivity contribution in [3.63, 3.8) is 0 Å². The van der Waals surface area contributed by atoms with Gasteiger partial charge in [-0.05, 0) is 30.2 Å². The summed E-state index contributed by atoms with van der Waals surface area (Å²) in [6.07, 6.45) is 0. The van der Waals surface area contributed by atoms with Crippen molar-refractivity contribution in [3.8, 4) is 0 Å². The highest BCUT2D eigenvalue weighted by atomic mass is 35.5. The van der Waals surface area contributed by atoms with Gasteiger partial charge in [0.15, 0.2) is 0 Å². The van der Waals surface area contributed by atoms with E-state index in [0.717, 1.165) is 16.4 Å². The van der Waals surface area contributed by atoms with E-state index in [4.69, 9.17) is 23.2 Å². The maximum Gasteiger partial charge on any atom is 0.225 e. The molecule has 102 valence electrons. The predicted octanol–water partition coefficient (Wildman–Crippen LogP) is 4.49. The second-order valence-electron chi connectivity index (χ2n) is 5.61. The summed E-state index contributed by atoms with van der Waals surface area (Å²) in [6.45, 7) is 8.31. The van der Waals surface area contributed by atoms with Crippen LogP contribution in [0.5, 0.6) is 0 Å². The fourth-order valence-corrected chi connectivity index (χ4v) is 2.64. The van der Waals surface area contributed by atoms with Gasteiger partial charge in [-0.15, -0.1) is 10.2 Å². The Bertz CT molecular complexity index is 585. The molecule has 0 saturated carbocycles. The molecule has 19 heavy (non-hydrogen) atoms. The van der Waals surface area contributed by atoms with E-state index in [0.29, 0.717) is 5.28 Å². The minimum Gasteiger partial charge on any atom is -0.294 e. The van der Waals surface area contributed by atoms with Crippen LogP contribution >= 0.6 is 23.2 Å². The zero-order chi connectivity index (χ0) is 14.2. The summed E-state index contributed by atoms with van der Waals surface area (Å²) in [4.78, 5) is 0. The first-order chi connectivity index (χ1) is 8.82. The van der Waals surface area contributed by atoms with Crippen molar-refractivity contribution in [3.05, 3.63) is 46.0 Å². The SMILES string of the molecule is CC(c1ccccc1Cl)n1c(Cl)nnc1C(C)(C)C. The third-order valence-corrected chi connectivity index (χ3v) is 3.67. The number of rotatable bonds is 2. The first-order valence-corrected chi connectivity index (χ1v) is 6.93. The molecule has 0 spiro atoms. The fourth-order valence-electron chi connectivity index (χ4n) is 2.08. The van der Waals surface area contributed by atoms with Crippen molar-refractivity contribution in [2.24, 2.45) is 0 Å². The van der Waals surface area contributed by atoms with Crippen LogP contribution < -0.4 is 0 Å². The van der Waals surface area contributed by atoms with Crippen LogP contribution in [0.3, 0.4) is 0 Å². The monoisotopic (exact) mass is 297 g/mol. The fraction of sp³-hybridized carbons (Fsp3) is 0.429. The Labute approximate surface area is 123 Å². The minimum absolute atomic E-state index is 0.00887. The van der Waals surface area contributed by atoms with Crippen molar-refractivity contribution < 1.29 is 0 Å². The molecule has 1 unspecified atom stereocenters. The lowest BCUT2D eigenvalue weighted by Gasteiger charge is -2.24. The molecule has 0 aliphatic heterocycles. The molecule has 2 aromatic rings. The zero-order valence-corrected chi connectivity index (χ0v) is 13.0. The van der Waals surface area contributed by atoms with Gasteiger partial charge in [-0.1, -0.05) is 50.6 Å². The van der Waals surface area contributed by atoms with E-state index in [1.54, 1.807) is 0 Å². The standard InChI is InChI=1S/C14H17Cl2N3/c1-9(10-7-5-6-8-11(10)15)19-12(14(2,3)4)17-18-13(19)16/h5-9H,1-4H3. The van der Waals surface area contributed by atoms with Gasteiger partial charge in [-0.3, -0.25) is 4.57 Å². The Hall–Kier alpha value is -1.06. The van der Waals surface area contributed by atoms with Gasteiger partial charge in [0.25, 0.3) is 0 Å². The Morgan fingerprint density at radius 2 is 1.74 bits per heavy atom. The number of halogens is 2. The zero-order valence-electron chi connectivity index (χ0n) is 11.5. The minimum atomic E-state index is -0.129. The molecular formula is C14H17Cl2N3. The van der Waals surface area contributed by atoms with E-state index in [2.05, 4.69) is 31.0 Å². The van der Waals surface area contributed by atoms with Gasteiger partial charge in [0.2, 0.25) is 5.28 Å². The molecular weight excluding hydrogens is 281 g/mol. The third-order valence-electron chi connectivity index (χ3n) is 3.07. The predicted molar refractivity (Wildman–Crippen MR) is 79.0 cm³/mol. The summed E-state index contributed by atoms with van der Waals surface area (Å²) in [7, 11) is 0. The van der Waals surface area contributed by atoms with Crippen molar-refractivity contribution in [2.75, 3.05) is 0 Å². The summed E-state index contributed by atoms with van der Waals surface area (Å²) >= 11 is 12.5. The molecule has 1 aromatic carbocycles. The molecule has 0 N–H and O–H groups in total. The van der Waals surface area contributed by atoms with E-state index in [-0.39, 0.29) is 11.5 Å². The molecule has 2 rings (SSSR count). The van der Waals surface area contributed by atoms with Crippen LogP contribution in [0.2, 0.25) is 10.3 Å². The molecule has 3 nitrogen and oxygen atoms in total. The molecule has 0 aliphatic rings. The molecule has 0 fully saturated rings. The Balaban J connectivity index is 2.54. The van der Waals surface area contributed by atoms with Gasteiger partial charge in [-0.25, -0.2) is 0 Å². The summed E-state index contributed by atoms with van der Waals surface area (Å²) in [5.74, 6) is 0.852. The van der Waals surface area contributed by atoms with Crippen molar-refractivity contribution in [1.29, 1.82) is 0 Å². The number of hydrogen-bond donors (Lipinski definition) is 0. The normalized spacial score (nSPS) is 13.6. The van der Waals surface area contributed by atoms with E-state index in [1.807, 2.05) is 35.8 Å². The summed E-state index contributed by atoms with van der Waals surface area (Å²) < 4.78 is 1.93. The lowest BCUT2D eigenvalue weighted by molar-refractivity contribution is 0.481. The molecule has 0 aliphatic carbocycles. The molecule has 1 atom stereocenters. The van der Waals surface area contributed by atoms with Gasteiger partial charge < -0.3 is 0 Å².